The second-order valence-corrected chi connectivity index (χ2v) is 7.31. The number of nitro benzene ring substituents is 1. The Morgan fingerprint density at radius 3 is 2.62 bits per heavy atom. The predicted octanol–water partition coefficient (Wildman–Crippen LogP) is 3.47. The second-order valence-electron chi connectivity index (χ2n) is 7.31. The summed E-state index contributed by atoms with van der Waals surface area (Å²) in [7, 11) is 0. The first-order valence-corrected chi connectivity index (χ1v) is 8.71. The van der Waals surface area contributed by atoms with Crippen molar-refractivity contribution in [3.63, 3.8) is 0 Å². The smallest absolute Gasteiger partial charge is 0.336 e. The molecule has 0 spiro atoms. The summed E-state index contributed by atoms with van der Waals surface area (Å²) >= 11 is 0. The third-order valence-corrected chi connectivity index (χ3v) is 5.99. The number of hydrogen-bond acceptors (Lipinski definition) is 4. The molecular formula is C19H17N3O4. The van der Waals surface area contributed by atoms with Gasteiger partial charge in [0.1, 0.15) is 0 Å². The van der Waals surface area contributed by atoms with E-state index in [4.69, 9.17) is 0 Å². The SMILES string of the molecule is CC1C[C@H]2C[C@@H]1c1c(O)n(-c3ccc([N+](=O)[O-])c4ccccc34)c(=O)n12. The van der Waals surface area contributed by atoms with Gasteiger partial charge in [0, 0.05) is 23.4 Å². The highest BCUT2D eigenvalue weighted by Crippen LogP contribution is 2.54. The molecule has 1 unspecified atom stereocenters. The number of benzene rings is 2. The van der Waals surface area contributed by atoms with E-state index in [1.54, 1.807) is 34.9 Å². The Hall–Kier alpha value is -3.09. The number of imidazole rings is 1. The Morgan fingerprint density at radius 1 is 1.15 bits per heavy atom. The van der Waals surface area contributed by atoms with Crippen molar-refractivity contribution in [1.82, 2.24) is 9.13 Å². The molecule has 3 atom stereocenters. The van der Waals surface area contributed by atoms with E-state index in [-0.39, 0.29) is 29.2 Å². The molecule has 5 rings (SSSR count). The van der Waals surface area contributed by atoms with Crippen molar-refractivity contribution >= 4 is 16.5 Å². The zero-order chi connectivity index (χ0) is 18.2. The van der Waals surface area contributed by atoms with Gasteiger partial charge in [0.15, 0.2) is 0 Å². The molecule has 1 aliphatic carbocycles. The first-order chi connectivity index (χ1) is 12.5. The third kappa shape index (κ3) is 1.75. The summed E-state index contributed by atoms with van der Waals surface area (Å²) < 4.78 is 3.02. The highest BCUT2D eigenvalue weighted by Gasteiger charge is 2.46. The van der Waals surface area contributed by atoms with Crippen LogP contribution in [-0.2, 0) is 0 Å². The van der Waals surface area contributed by atoms with Gasteiger partial charge in [0.05, 0.1) is 21.7 Å². The molecule has 132 valence electrons. The Bertz CT molecular complexity index is 1140. The lowest BCUT2D eigenvalue weighted by Gasteiger charge is -2.18. The van der Waals surface area contributed by atoms with Gasteiger partial charge in [0.2, 0.25) is 5.88 Å². The van der Waals surface area contributed by atoms with Crippen molar-refractivity contribution in [2.75, 3.05) is 0 Å². The molecule has 1 saturated carbocycles. The summed E-state index contributed by atoms with van der Waals surface area (Å²) in [5.74, 6) is 0.598. The van der Waals surface area contributed by atoms with Crippen LogP contribution in [0.1, 0.15) is 37.4 Å². The zero-order valence-electron chi connectivity index (χ0n) is 14.1. The molecule has 2 heterocycles. The predicted molar refractivity (Wildman–Crippen MR) is 96.0 cm³/mol. The average molecular weight is 351 g/mol. The lowest BCUT2D eigenvalue weighted by molar-refractivity contribution is -0.383. The van der Waals surface area contributed by atoms with Gasteiger partial charge in [-0.2, -0.15) is 0 Å². The van der Waals surface area contributed by atoms with Crippen LogP contribution in [-0.4, -0.2) is 19.2 Å². The van der Waals surface area contributed by atoms with Crippen LogP contribution in [0.3, 0.4) is 0 Å². The molecule has 3 aromatic rings. The van der Waals surface area contributed by atoms with Crippen molar-refractivity contribution < 1.29 is 10.0 Å². The molecule has 0 amide bonds. The normalized spacial score (nSPS) is 23.5. The molecule has 7 heteroatoms. The highest BCUT2D eigenvalue weighted by molar-refractivity contribution is 5.97. The standard InChI is InChI=1S/C19H17N3O4/c1-10-8-11-9-14(10)17-18(23)21(19(24)20(11)17)15-6-7-16(22(25)26)13-5-3-2-4-12(13)15/h2-7,10-11,14,23H,8-9H2,1H3/t10?,11-,14-/m0/s1. The molecular weight excluding hydrogens is 334 g/mol. The number of nitro groups is 1. The monoisotopic (exact) mass is 351 g/mol. The van der Waals surface area contributed by atoms with Crippen LogP contribution < -0.4 is 5.69 Å². The zero-order valence-corrected chi connectivity index (χ0v) is 14.1. The Labute approximate surface area is 148 Å². The van der Waals surface area contributed by atoms with Gasteiger partial charge in [-0.05, 0) is 30.9 Å². The van der Waals surface area contributed by atoms with Gasteiger partial charge >= 0.3 is 5.69 Å². The maximum Gasteiger partial charge on any atom is 0.336 e. The van der Waals surface area contributed by atoms with Crippen LogP contribution in [0.2, 0.25) is 0 Å². The van der Waals surface area contributed by atoms with E-state index in [0.29, 0.717) is 28.1 Å². The molecule has 1 aromatic heterocycles. The second kappa shape index (κ2) is 4.97. The van der Waals surface area contributed by atoms with E-state index >= 15 is 0 Å². The number of hydrogen-bond donors (Lipinski definition) is 1. The summed E-state index contributed by atoms with van der Waals surface area (Å²) in [6.07, 6.45) is 1.85. The van der Waals surface area contributed by atoms with Crippen LogP contribution in [0, 0.1) is 16.0 Å². The molecule has 26 heavy (non-hydrogen) atoms. The number of non-ortho nitro benzene ring substituents is 1. The molecule has 1 aliphatic heterocycles. The lowest BCUT2D eigenvalue weighted by Crippen LogP contribution is -2.26. The van der Waals surface area contributed by atoms with Crippen molar-refractivity contribution in [3.8, 4) is 11.6 Å². The summed E-state index contributed by atoms with van der Waals surface area (Å²) in [4.78, 5) is 24.0. The van der Waals surface area contributed by atoms with Gasteiger partial charge < -0.3 is 5.11 Å². The summed E-state index contributed by atoms with van der Waals surface area (Å²) in [5, 5.41) is 23.2. The van der Waals surface area contributed by atoms with Crippen LogP contribution in [0.5, 0.6) is 5.88 Å². The van der Waals surface area contributed by atoms with E-state index in [1.165, 1.54) is 10.6 Å². The summed E-state index contributed by atoms with van der Waals surface area (Å²) in [5.41, 5.74) is 0.900. The fourth-order valence-corrected chi connectivity index (χ4v) is 4.87. The fraction of sp³-hybridized carbons (Fsp3) is 0.316. The highest BCUT2D eigenvalue weighted by atomic mass is 16.6. The van der Waals surface area contributed by atoms with Gasteiger partial charge in [0.25, 0.3) is 5.69 Å². The number of aromatic hydroxyl groups is 1. The van der Waals surface area contributed by atoms with E-state index in [2.05, 4.69) is 6.92 Å². The molecule has 1 fully saturated rings. The Kier molecular flexibility index (Phi) is 2.90. The minimum Gasteiger partial charge on any atom is -0.493 e. The topological polar surface area (TPSA) is 90.3 Å². The third-order valence-electron chi connectivity index (χ3n) is 5.99. The molecule has 2 bridgehead atoms. The van der Waals surface area contributed by atoms with Crippen LogP contribution in [0.4, 0.5) is 5.69 Å². The first kappa shape index (κ1) is 15.2. The maximum atomic E-state index is 13.1. The Morgan fingerprint density at radius 2 is 1.88 bits per heavy atom. The van der Waals surface area contributed by atoms with Crippen molar-refractivity contribution in [2.24, 2.45) is 5.92 Å². The number of fused-ring (bicyclic) bond motifs is 6. The molecule has 0 radical (unpaired) electrons. The van der Waals surface area contributed by atoms with E-state index in [0.717, 1.165) is 12.8 Å². The van der Waals surface area contributed by atoms with E-state index in [9.17, 15) is 20.0 Å². The number of nitrogens with zero attached hydrogens (tertiary/aromatic N) is 3. The number of rotatable bonds is 2. The quantitative estimate of drug-likeness (QED) is 0.565. The maximum absolute atomic E-state index is 13.1. The fourth-order valence-electron chi connectivity index (χ4n) is 4.87. The number of aromatic nitrogens is 2. The summed E-state index contributed by atoms with van der Waals surface area (Å²) in [6.45, 7) is 2.15. The minimum absolute atomic E-state index is 0.0164. The lowest BCUT2D eigenvalue weighted by atomic mass is 9.94. The van der Waals surface area contributed by atoms with E-state index in [1.807, 2.05) is 0 Å². The van der Waals surface area contributed by atoms with Crippen LogP contribution in [0.15, 0.2) is 41.2 Å². The molecule has 2 aliphatic rings. The van der Waals surface area contributed by atoms with Crippen molar-refractivity contribution in [2.45, 2.75) is 31.7 Å². The molecule has 0 saturated heterocycles. The van der Waals surface area contributed by atoms with E-state index < -0.39 is 4.92 Å². The first-order valence-electron chi connectivity index (χ1n) is 8.71. The Balaban J connectivity index is 1.82. The van der Waals surface area contributed by atoms with Crippen molar-refractivity contribution in [3.05, 3.63) is 62.7 Å². The van der Waals surface area contributed by atoms with Crippen LogP contribution >= 0.6 is 0 Å². The molecule has 2 aromatic carbocycles. The van der Waals surface area contributed by atoms with Crippen LogP contribution in [0.25, 0.3) is 16.5 Å². The van der Waals surface area contributed by atoms with Crippen molar-refractivity contribution in [1.29, 1.82) is 0 Å². The van der Waals surface area contributed by atoms with Gasteiger partial charge in [-0.1, -0.05) is 25.1 Å². The largest absolute Gasteiger partial charge is 0.493 e. The average Bonchev–Trinajstić information content (AvgIpc) is 3.25. The van der Waals surface area contributed by atoms with Gasteiger partial charge in [-0.3, -0.25) is 14.7 Å². The van der Waals surface area contributed by atoms with Gasteiger partial charge in [-0.25, -0.2) is 9.36 Å². The summed E-state index contributed by atoms with van der Waals surface area (Å²) in [6, 6.07) is 9.97. The minimum atomic E-state index is -0.434. The molecule has 7 nitrogen and oxygen atoms in total. The van der Waals surface area contributed by atoms with Gasteiger partial charge in [-0.15, -0.1) is 0 Å². The molecule has 1 N–H and O–H groups in total.